The van der Waals surface area contributed by atoms with Crippen LogP contribution in [0.5, 0.6) is 5.75 Å². The Morgan fingerprint density at radius 1 is 0.722 bits per heavy atom. The lowest BCUT2D eigenvalue weighted by atomic mass is 10.1. The van der Waals surface area contributed by atoms with Gasteiger partial charge in [0.25, 0.3) is 0 Å². The Balaban J connectivity index is 2.05. The van der Waals surface area contributed by atoms with Crippen molar-refractivity contribution in [2.75, 3.05) is 0 Å². The van der Waals surface area contributed by atoms with Crippen LogP contribution in [0.4, 0.5) is 0 Å². The molecule has 0 amide bonds. The lowest BCUT2D eigenvalue weighted by Gasteiger charge is -2.07. The minimum Gasteiger partial charge on any atom is -0.506 e. The van der Waals surface area contributed by atoms with Gasteiger partial charge in [0.2, 0.25) is 0 Å². The second-order valence-electron chi connectivity index (χ2n) is 4.05. The Morgan fingerprint density at radius 3 is 2.28 bits per heavy atom. The van der Waals surface area contributed by atoms with Gasteiger partial charge >= 0.3 is 0 Å². The number of fused-ring (bicyclic) bond motifs is 1. The number of aromatic hydroxyl groups is 1. The van der Waals surface area contributed by atoms with Crippen LogP contribution >= 0.6 is 11.8 Å². The Labute approximate surface area is 110 Å². The second-order valence-corrected chi connectivity index (χ2v) is 5.16. The third-order valence-electron chi connectivity index (χ3n) is 2.83. The predicted octanol–water partition coefficient (Wildman–Crippen LogP) is 4.70. The summed E-state index contributed by atoms with van der Waals surface area (Å²) in [7, 11) is 0. The summed E-state index contributed by atoms with van der Waals surface area (Å²) in [5, 5.41) is 12.3. The van der Waals surface area contributed by atoms with Crippen molar-refractivity contribution < 1.29 is 5.11 Å². The van der Waals surface area contributed by atoms with Crippen LogP contribution in [0.15, 0.2) is 76.5 Å². The molecule has 0 aliphatic heterocycles. The third-order valence-corrected chi connectivity index (χ3v) is 3.89. The lowest BCUT2D eigenvalue weighted by Crippen LogP contribution is -1.78. The fraction of sp³-hybridized carbons (Fsp3) is 0. The van der Waals surface area contributed by atoms with E-state index in [1.807, 2.05) is 66.7 Å². The Kier molecular flexibility index (Phi) is 2.95. The molecule has 1 nitrogen and oxygen atoms in total. The molecule has 0 saturated carbocycles. The van der Waals surface area contributed by atoms with E-state index < -0.39 is 0 Å². The molecule has 0 aromatic heterocycles. The van der Waals surface area contributed by atoms with Gasteiger partial charge in [-0.2, -0.15) is 0 Å². The maximum atomic E-state index is 10.3. The number of phenolic OH excluding ortho intramolecular Hbond substituents is 1. The van der Waals surface area contributed by atoms with Gasteiger partial charge in [-0.15, -0.1) is 0 Å². The van der Waals surface area contributed by atoms with Gasteiger partial charge in [-0.05, 0) is 23.6 Å². The molecule has 0 aliphatic carbocycles. The fourth-order valence-corrected chi connectivity index (χ4v) is 2.82. The largest absolute Gasteiger partial charge is 0.506 e. The highest BCUT2D eigenvalue weighted by atomic mass is 32.2. The average molecular weight is 252 g/mol. The molecule has 3 rings (SSSR count). The van der Waals surface area contributed by atoms with Crippen LogP contribution < -0.4 is 0 Å². The first-order chi connectivity index (χ1) is 8.84. The number of phenols is 1. The van der Waals surface area contributed by atoms with Gasteiger partial charge in [-0.3, -0.25) is 0 Å². The molecule has 18 heavy (non-hydrogen) atoms. The van der Waals surface area contributed by atoms with E-state index in [-0.39, 0.29) is 0 Å². The van der Waals surface area contributed by atoms with Crippen molar-refractivity contribution in [2.45, 2.75) is 9.79 Å². The Morgan fingerprint density at radius 2 is 1.44 bits per heavy atom. The SMILES string of the molecule is Oc1c(Sc2ccccc2)ccc2ccccc12. The standard InChI is InChI=1S/C16H12OS/c17-16-14-9-5-4-6-12(14)10-11-15(16)18-13-7-2-1-3-8-13/h1-11,17H. The molecule has 3 aromatic rings. The summed E-state index contributed by atoms with van der Waals surface area (Å²) in [6.07, 6.45) is 0. The number of hydrogen-bond donors (Lipinski definition) is 1. The van der Waals surface area contributed by atoms with Crippen molar-refractivity contribution in [1.29, 1.82) is 0 Å². The lowest BCUT2D eigenvalue weighted by molar-refractivity contribution is 0.469. The van der Waals surface area contributed by atoms with Crippen molar-refractivity contribution in [3.63, 3.8) is 0 Å². The monoisotopic (exact) mass is 252 g/mol. The molecule has 0 atom stereocenters. The van der Waals surface area contributed by atoms with Crippen LogP contribution in [0.3, 0.4) is 0 Å². The second kappa shape index (κ2) is 4.75. The summed E-state index contributed by atoms with van der Waals surface area (Å²) in [5.74, 6) is 0.363. The molecular formula is C16H12OS. The summed E-state index contributed by atoms with van der Waals surface area (Å²) >= 11 is 1.58. The molecule has 88 valence electrons. The van der Waals surface area contributed by atoms with Gasteiger partial charge in [-0.1, -0.05) is 60.3 Å². The predicted molar refractivity (Wildman–Crippen MR) is 76.2 cm³/mol. The van der Waals surface area contributed by atoms with E-state index >= 15 is 0 Å². The molecule has 1 N–H and O–H groups in total. The van der Waals surface area contributed by atoms with Gasteiger partial charge in [0, 0.05) is 10.3 Å². The quantitative estimate of drug-likeness (QED) is 0.713. The molecule has 0 bridgehead atoms. The molecule has 0 heterocycles. The zero-order chi connectivity index (χ0) is 12.4. The van der Waals surface area contributed by atoms with Crippen molar-refractivity contribution in [3.05, 3.63) is 66.7 Å². The van der Waals surface area contributed by atoms with Crippen LogP contribution in [0.25, 0.3) is 10.8 Å². The van der Waals surface area contributed by atoms with Crippen molar-refractivity contribution >= 4 is 22.5 Å². The molecular weight excluding hydrogens is 240 g/mol. The molecule has 0 unspecified atom stereocenters. The zero-order valence-electron chi connectivity index (χ0n) is 9.71. The normalized spacial score (nSPS) is 10.7. The van der Waals surface area contributed by atoms with Gasteiger partial charge in [-0.25, -0.2) is 0 Å². The van der Waals surface area contributed by atoms with E-state index in [2.05, 4.69) is 0 Å². The highest BCUT2D eigenvalue weighted by Crippen LogP contribution is 2.38. The van der Waals surface area contributed by atoms with Crippen molar-refractivity contribution in [1.82, 2.24) is 0 Å². The highest BCUT2D eigenvalue weighted by Gasteiger charge is 2.07. The molecule has 0 spiro atoms. The first-order valence-corrected chi connectivity index (χ1v) is 6.60. The molecule has 0 fully saturated rings. The van der Waals surface area contributed by atoms with Crippen molar-refractivity contribution in [3.8, 4) is 5.75 Å². The van der Waals surface area contributed by atoms with E-state index in [9.17, 15) is 5.11 Å². The molecule has 0 saturated heterocycles. The average Bonchev–Trinajstić information content (AvgIpc) is 2.43. The first-order valence-electron chi connectivity index (χ1n) is 5.78. The fourth-order valence-electron chi connectivity index (χ4n) is 1.93. The number of rotatable bonds is 2. The van der Waals surface area contributed by atoms with Gasteiger partial charge in [0.1, 0.15) is 5.75 Å². The number of hydrogen-bond acceptors (Lipinski definition) is 2. The minimum atomic E-state index is 0.363. The molecule has 0 aliphatic rings. The third kappa shape index (κ3) is 2.07. The van der Waals surface area contributed by atoms with Gasteiger partial charge in [0.15, 0.2) is 0 Å². The van der Waals surface area contributed by atoms with E-state index in [1.165, 1.54) is 0 Å². The molecule has 2 heteroatoms. The van der Waals surface area contributed by atoms with Crippen LogP contribution in [-0.2, 0) is 0 Å². The highest BCUT2D eigenvalue weighted by molar-refractivity contribution is 7.99. The van der Waals surface area contributed by atoms with Crippen molar-refractivity contribution in [2.24, 2.45) is 0 Å². The van der Waals surface area contributed by atoms with Crippen LogP contribution in [0.2, 0.25) is 0 Å². The smallest absolute Gasteiger partial charge is 0.137 e. The van der Waals surface area contributed by atoms with E-state index in [4.69, 9.17) is 0 Å². The van der Waals surface area contributed by atoms with Gasteiger partial charge in [0.05, 0.1) is 4.90 Å². The molecule has 3 aromatic carbocycles. The van der Waals surface area contributed by atoms with Crippen LogP contribution in [-0.4, -0.2) is 5.11 Å². The first kappa shape index (κ1) is 11.2. The van der Waals surface area contributed by atoms with E-state index in [0.29, 0.717) is 5.75 Å². The summed E-state index contributed by atoms with van der Waals surface area (Å²) in [4.78, 5) is 2.02. The van der Waals surface area contributed by atoms with E-state index in [0.717, 1.165) is 20.6 Å². The van der Waals surface area contributed by atoms with E-state index in [1.54, 1.807) is 11.8 Å². The minimum absolute atomic E-state index is 0.363. The van der Waals surface area contributed by atoms with Crippen LogP contribution in [0.1, 0.15) is 0 Å². The maximum Gasteiger partial charge on any atom is 0.137 e. The Hall–Kier alpha value is -1.93. The molecule has 0 radical (unpaired) electrons. The topological polar surface area (TPSA) is 20.2 Å². The summed E-state index contributed by atoms with van der Waals surface area (Å²) < 4.78 is 0. The summed E-state index contributed by atoms with van der Waals surface area (Å²) in [6, 6.07) is 22.0. The van der Waals surface area contributed by atoms with Gasteiger partial charge < -0.3 is 5.11 Å². The zero-order valence-corrected chi connectivity index (χ0v) is 10.5. The maximum absolute atomic E-state index is 10.3. The number of benzene rings is 3. The van der Waals surface area contributed by atoms with Crippen LogP contribution in [0, 0.1) is 0 Å². The summed E-state index contributed by atoms with van der Waals surface area (Å²) in [6.45, 7) is 0. The summed E-state index contributed by atoms with van der Waals surface area (Å²) in [5.41, 5.74) is 0. The Bertz CT molecular complexity index is 677.